The van der Waals surface area contributed by atoms with E-state index in [4.69, 9.17) is 49.0 Å². The number of fused-ring (bicyclic) bond motifs is 1. The van der Waals surface area contributed by atoms with Gasteiger partial charge in [0.15, 0.2) is 5.70 Å². The molecular formula is C16H17Cl3FNO6S2. The zero-order valence-corrected chi connectivity index (χ0v) is 19.0. The molecule has 1 fully saturated rings. The first-order valence-corrected chi connectivity index (χ1v) is 11.2. The summed E-state index contributed by atoms with van der Waals surface area (Å²) in [5.74, 6) is -1.74. The van der Waals surface area contributed by atoms with Crippen LogP contribution >= 0.6 is 58.3 Å². The molecule has 0 aliphatic carbocycles. The Kier molecular flexibility index (Phi) is 8.84. The molecule has 0 N–H and O–H groups in total. The molecule has 2 aliphatic rings. The van der Waals surface area contributed by atoms with Crippen LogP contribution in [0.4, 0.5) is 9.18 Å². The summed E-state index contributed by atoms with van der Waals surface area (Å²) in [5, 5.41) is -0.494. The molecule has 0 bridgehead atoms. The van der Waals surface area contributed by atoms with Crippen molar-refractivity contribution in [2.24, 2.45) is 5.92 Å². The minimum atomic E-state index is -1.79. The van der Waals surface area contributed by atoms with Crippen molar-refractivity contribution in [1.29, 1.82) is 0 Å². The van der Waals surface area contributed by atoms with Crippen LogP contribution in [0.2, 0.25) is 0 Å². The van der Waals surface area contributed by atoms with Crippen LogP contribution in [0, 0.1) is 5.92 Å². The maximum absolute atomic E-state index is 12.7. The Hall–Kier alpha value is -0.810. The molecule has 13 heteroatoms. The van der Waals surface area contributed by atoms with Gasteiger partial charge in [0.05, 0.1) is 10.9 Å². The van der Waals surface area contributed by atoms with Gasteiger partial charge in [-0.2, -0.15) is 0 Å². The minimum absolute atomic E-state index is 0.0290. The minimum Gasteiger partial charge on any atom is -0.457 e. The highest BCUT2D eigenvalue weighted by Crippen LogP contribution is 2.54. The third-order valence-electron chi connectivity index (χ3n) is 3.72. The van der Waals surface area contributed by atoms with Gasteiger partial charge in [-0.15, -0.1) is 11.8 Å². The molecule has 2 aliphatic heterocycles. The van der Waals surface area contributed by atoms with Crippen molar-refractivity contribution in [2.75, 3.05) is 25.6 Å². The summed E-state index contributed by atoms with van der Waals surface area (Å²) in [4.78, 5) is 38.0. The molecule has 0 spiro atoms. The van der Waals surface area contributed by atoms with E-state index in [1.807, 2.05) is 0 Å². The lowest BCUT2D eigenvalue weighted by molar-refractivity contribution is -0.158. The smallest absolute Gasteiger partial charge is 0.457 e. The lowest BCUT2D eigenvalue weighted by Gasteiger charge is -2.44. The number of halogens is 4. The predicted octanol–water partition coefficient (Wildman–Crippen LogP) is 4.03. The molecule has 2 rings (SSSR count). The molecule has 0 saturated carbocycles. The topological polar surface area (TPSA) is 82.1 Å². The fraction of sp³-hybridized carbons (Fsp3) is 0.562. The summed E-state index contributed by atoms with van der Waals surface area (Å²) in [6.07, 6.45) is -0.565. The van der Waals surface area contributed by atoms with Crippen molar-refractivity contribution in [3.8, 4) is 0 Å². The van der Waals surface area contributed by atoms with Crippen molar-refractivity contribution in [3.05, 3.63) is 22.6 Å². The molecule has 7 nitrogen and oxygen atoms in total. The first-order valence-electron chi connectivity index (χ1n) is 8.21. The van der Waals surface area contributed by atoms with Gasteiger partial charge in [-0.05, 0) is 6.92 Å². The maximum Gasteiger partial charge on any atom is 0.508 e. The van der Waals surface area contributed by atoms with E-state index in [2.05, 4.69) is 6.58 Å². The average Bonchev–Trinajstić information content (AvgIpc) is 2.96. The predicted molar refractivity (Wildman–Crippen MR) is 111 cm³/mol. The molecule has 2 heterocycles. The van der Waals surface area contributed by atoms with Crippen LogP contribution in [0.1, 0.15) is 6.92 Å². The van der Waals surface area contributed by atoms with E-state index in [0.29, 0.717) is 4.24 Å². The van der Waals surface area contributed by atoms with E-state index in [9.17, 15) is 18.8 Å². The Labute approximate surface area is 190 Å². The van der Waals surface area contributed by atoms with Crippen LogP contribution in [-0.2, 0) is 23.8 Å². The molecule has 29 heavy (non-hydrogen) atoms. The Balaban J connectivity index is 2.05. The highest BCUT2D eigenvalue weighted by atomic mass is 35.6. The quantitative estimate of drug-likeness (QED) is 0.200. The van der Waals surface area contributed by atoms with Gasteiger partial charge in [-0.3, -0.25) is 14.1 Å². The zero-order valence-electron chi connectivity index (χ0n) is 15.1. The van der Waals surface area contributed by atoms with Crippen LogP contribution in [0.15, 0.2) is 22.6 Å². The summed E-state index contributed by atoms with van der Waals surface area (Å²) in [7, 11) is 0. The molecule has 0 aromatic carbocycles. The average molecular weight is 509 g/mol. The SMILES string of the molecule is C=CCOC(=O)C1=C(SCCF)S[C@@H]2[C@@H](C(C)OC(=O)OCC(Cl)(Cl)Cl)C(=O)N12. The van der Waals surface area contributed by atoms with Crippen molar-refractivity contribution in [1.82, 2.24) is 4.90 Å². The normalized spacial score (nSPS) is 22.0. The number of β-lactam (4-membered cyclic amide) rings is 1. The number of carbonyl (C=O) groups excluding carboxylic acids is 3. The number of thioether (sulfide) groups is 2. The van der Waals surface area contributed by atoms with Crippen LogP contribution in [0.25, 0.3) is 0 Å². The fourth-order valence-corrected chi connectivity index (χ4v) is 5.44. The molecule has 3 atom stereocenters. The van der Waals surface area contributed by atoms with E-state index in [0.717, 1.165) is 11.8 Å². The van der Waals surface area contributed by atoms with Crippen LogP contribution in [-0.4, -0.2) is 63.8 Å². The highest BCUT2D eigenvalue weighted by molar-refractivity contribution is 8.22. The third-order valence-corrected chi connectivity index (χ3v) is 6.66. The Morgan fingerprint density at radius 1 is 1.41 bits per heavy atom. The van der Waals surface area contributed by atoms with Gasteiger partial charge in [0.25, 0.3) is 0 Å². The van der Waals surface area contributed by atoms with Gasteiger partial charge in [-0.25, -0.2) is 9.59 Å². The van der Waals surface area contributed by atoms with Gasteiger partial charge >= 0.3 is 12.1 Å². The molecule has 0 aromatic heterocycles. The van der Waals surface area contributed by atoms with Gasteiger partial charge < -0.3 is 14.2 Å². The second kappa shape index (κ2) is 10.5. The van der Waals surface area contributed by atoms with Crippen molar-refractivity contribution < 1.29 is 33.0 Å². The molecule has 162 valence electrons. The number of carbonyl (C=O) groups is 3. The van der Waals surface area contributed by atoms with Crippen molar-refractivity contribution in [2.45, 2.75) is 22.2 Å². The highest BCUT2D eigenvalue weighted by Gasteiger charge is 2.59. The van der Waals surface area contributed by atoms with E-state index in [1.165, 1.54) is 29.7 Å². The monoisotopic (exact) mass is 507 g/mol. The number of hydrogen-bond donors (Lipinski definition) is 0. The summed E-state index contributed by atoms with van der Waals surface area (Å²) >= 11 is 18.8. The van der Waals surface area contributed by atoms with Gasteiger partial charge in [0.2, 0.25) is 9.70 Å². The largest absolute Gasteiger partial charge is 0.508 e. The Morgan fingerprint density at radius 3 is 2.69 bits per heavy atom. The first-order chi connectivity index (χ1) is 13.6. The van der Waals surface area contributed by atoms with E-state index in [1.54, 1.807) is 0 Å². The van der Waals surface area contributed by atoms with Crippen molar-refractivity contribution in [3.63, 3.8) is 0 Å². The molecule has 0 radical (unpaired) electrons. The number of rotatable bonds is 9. The second-order valence-corrected chi connectivity index (χ2v) is 10.8. The summed E-state index contributed by atoms with van der Waals surface area (Å²) < 4.78 is 26.1. The van der Waals surface area contributed by atoms with Gasteiger partial charge in [0.1, 0.15) is 30.6 Å². The Morgan fingerprint density at radius 2 is 2.10 bits per heavy atom. The van der Waals surface area contributed by atoms with E-state index < -0.39 is 52.5 Å². The first kappa shape index (κ1) is 24.5. The fourth-order valence-electron chi connectivity index (χ4n) is 2.56. The number of amides is 1. The van der Waals surface area contributed by atoms with Crippen LogP contribution < -0.4 is 0 Å². The number of nitrogens with zero attached hydrogens (tertiary/aromatic N) is 1. The lowest BCUT2D eigenvalue weighted by Crippen LogP contribution is -2.61. The number of hydrogen-bond acceptors (Lipinski definition) is 8. The standard InChI is InChI=1S/C16H17Cl3FNO6S2/c1-3-5-25-13(23)10-14(28-6-4-20)29-12-9(11(22)21(10)12)8(2)27-15(24)26-7-16(17,18)19/h3,8-9,12H,1,4-7H2,2H3/t8?,9-,12+/m0/s1. The molecule has 1 amide bonds. The number of alkyl halides is 4. The molecule has 0 aromatic rings. The van der Waals surface area contributed by atoms with Crippen molar-refractivity contribution >= 4 is 76.4 Å². The molecular weight excluding hydrogens is 492 g/mol. The maximum atomic E-state index is 12.7. The van der Waals surface area contributed by atoms with E-state index >= 15 is 0 Å². The zero-order chi connectivity index (χ0) is 21.8. The third kappa shape index (κ3) is 6.10. The van der Waals surface area contributed by atoms with Crippen LogP contribution in [0.3, 0.4) is 0 Å². The lowest BCUT2D eigenvalue weighted by atomic mass is 9.92. The number of esters is 1. The molecule has 1 unspecified atom stereocenters. The number of ether oxygens (including phenoxy) is 3. The summed E-state index contributed by atoms with van der Waals surface area (Å²) in [5.41, 5.74) is 0.0625. The van der Waals surface area contributed by atoms with Crippen LogP contribution in [0.5, 0.6) is 0 Å². The van der Waals surface area contributed by atoms with Gasteiger partial charge in [0, 0.05) is 5.75 Å². The van der Waals surface area contributed by atoms with Gasteiger partial charge in [-0.1, -0.05) is 59.2 Å². The second-order valence-electron chi connectivity index (χ2n) is 5.78. The summed E-state index contributed by atoms with van der Waals surface area (Å²) in [6.45, 7) is 3.84. The summed E-state index contributed by atoms with van der Waals surface area (Å²) in [6, 6.07) is 0. The van der Waals surface area contributed by atoms with E-state index in [-0.39, 0.29) is 18.1 Å². The Bertz CT molecular complexity index is 717. The molecule has 1 saturated heterocycles.